The molecular formula is C16H14N4O5S. The second kappa shape index (κ2) is 6.27. The molecule has 1 aromatic carbocycles. The fourth-order valence-electron chi connectivity index (χ4n) is 2.80. The third kappa shape index (κ3) is 2.53. The number of nitrogens with zero attached hydrogens (tertiary/aromatic N) is 4. The van der Waals surface area contributed by atoms with Crippen molar-refractivity contribution in [1.29, 1.82) is 5.26 Å². The van der Waals surface area contributed by atoms with Crippen LogP contribution in [0.15, 0.2) is 44.9 Å². The molecule has 1 aliphatic heterocycles. The molecular weight excluding hydrogens is 360 g/mol. The van der Waals surface area contributed by atoms with Crippen LogP contribution in [0, 0.1) is 11.3 Å². The lowest BCUT2D eigenvalue weighted by atomic mass is 10.2. The van der Waals surface area contributed by atoms with Crippen LogP contribution in [0.3, 0.4) is 0 Å². The lowest BCUT2D eigenvalue weighted by Crippen LogP contribution is -2.44. The van der Waals surface area contributed by atoms with Crippen molar-refractivity contribution < 1.29 is 13.2 Å². The minimum atomic E-state index is -4.03. The number of sulfonamides is 1. The summed E-state index contributed by atoms with van der Waals surface area (Å²) >= 11 is 0. The van der Waals surface area contributed by atoms with Crippen LogP contribution in [-0.4, -0.2) is 34.3 Å². The molecule has 2 aromatic rings. The molecule has 0 saturated heterocycles. The summed E-state index contributed by atoms with van der Waals surface area (Å²) in [5.41, 5.74) is -1.66. The molecule has 134 valence electrons. The number of aromatic nitrogens is 2. The SMILES string of the molecule is CCn1cc(C#N)c(=O)n(CCN2C(=O)c3ccccc3S2(=O)=O)c1=O. The predicted octanol–water partition coefficient (Wildman–Crippen LogP) is -0.254. The van der Waals surface area contributed by atoms with Crippen molar-refractivity contribution in [3.05, 3.63) is 62.4 Å². The number of fused-ring (bicyclic) bond motifs is 1. The minimum absolute atomic E-state index is 0.0524. The first-order chi connectivity index (χ1) is 12.3. The van der Waals surface area contributed by atoms with E-state index in [-0.39, 0.29) is 35.7 Å². The average Bonchev–Trinajstić information content (AvgIpc) is 2.82. The van der Waals surface area contributed by atoms with Gasteiger partial charge in [-0.3, -0.25) is 18.7 Å². The van der Waals surface area contributed by atoms with E-state index < -0.39 is 27.2 Å². The fraction of sp³-hybridized carbons (Fsp3) is 0.250. The molecule has 1 amide bonds. The van der Waals surface area contributed by atoms with E-state index in [0.717, 1.165) is 10.8 Å². The summed E-state index contributed by atoms with van der Waals surface area (Å²) in [6.45, 7) is 1.18. The molecule has 0 spiro atoms. The molecule has 0 saturated carbocycles. The van der Waals surface area contributed by atoms with Gasteiger partial charge < -0.3 is 0 Å². The molecule has 0 N–H and O–H groups in total. The zero-order valence-corrected chi connectivity index (χ0v) is 14.6. The van der Waals surface area contributed by atoms with Gasteiger partial charge in [0.15, 0.2) is 0 Å². The maximum absolute atomic E-state index is 12.5. The van der Waals surface area contributed by atoms with Crippen LogP contribution >= 0.6 is 0 Å². The fourth-order valence-corrected chi connectivity index (χ4v) is 4.36. The molecule has 0 bridgehead atoms. The number of carbonyl (C=O) groups is 1. The Kier molecular flexibility index (Phi) is 4.25. The summed E-state index contributed by atoms with van der Waals surface area (Å²) in [6, 6.07) is 7.51. The Hall–Kier alpha value is -3.19. The van der Waals surface area contributed by atoms with Gasteiger partial charge in [-0.05, 0) is 19.1 Å². The van der Waals surface area contributed by atoms with Crippen molar-refractivity contribution in [3.63, 3.8) is 0 Å². The number of rotatable bonds is 4. The highest BCUT2D eigenvalue weighted by Crippen LogP contribution is 2.29. The highest BCUT2D eigenvalue weighted by atomic mass is 32.2. The van der Waals surface area contributed by atoms with E-state index in [9.17, 15) is 22.8 Å². The third-order valence-corrected chi connectivity index (χ3v) is 5.98. The van der Waals surface area contributed by atoms with Crippen LogP contribution < -0.4 is 11.2 Å². The Labute approximate surface area is 148 Å². The number of nitriles is 1. The van der Waals surface area contributed by atoms with E-state index in [2.05, 4.69) is 0 Å². The second-order valence-corrected chi connectivity index (χ2v) is 7.39. The molecule has 0 radical (unpaired) electrons. The van der Waals surface area contributed by atoms with E-state index in [1.807, 2.05) is 0 Å². The van der Waals surface area contributed by atoms with Crippen LogP contribution in [-0.2, 0) is 23.1 Å². The largest absolute Gasteiger partial charge is 0.331 e. The van der Waals surface area contributed by atoms with Crippen LogP contribution in [0.2, 0.25) is 0 Å². The first kappa shape index (κ1) is 17.6. The van der Waals surface area contributed by atoms with E-state index in [1.165, 1.54) is 22.8 Å². The molecule has 0 unspecified atom stereocenters. The molecule has 1 aliphatic rings. The van der Waals surface area contributed by atoms with Crippen LogP contribution in [0.5, 0.6) is 0 Å². The van der Waals surface area contributed by atoms with Gasteiger partial charge in [0.1, 0.15) is 16.5 Å². The molecule has 2 heterocycles. The van der Waals surface area contributed by atoms with E-state index >= 15 is 0 Å². The zero-order chi connectivity index (χ0) is 19.1. The highest BCUT2D eigenvalue weighted by Gasteiger charge is 2.40. The van der Waals surface area contributed by atoms with E-state index in [1.54, 1.807) is 19.1 Å². The van der Waals surface area contributed by atoms with Gasteiger partial charge >= 0.3 is 5.69 Å². The van der Waals surface area contributed by atoms with Crippen LogP contribution in [0.1, 0.15) is 22.8 Å². The monoisotopic (exact) mass is 374 g/mol. The number of hydrogen-bond donors (Lipinski definition) is 0. The van der Waals surface area contributed by atoms with Crippen molar-refractivity contribution in [2.24, 2.45) is 0 Å². The molecule has 10 heteroatoms. The molecule has 3 rings (SSSR count). The topological polar surface area (TPSA) is 122 Å². The van der Waals surface area contributed by atoms with E-state index in [0.29, 0.717) is 4.31 Å². The smallest absolute Gasteiger partial charge is 0.299 e. The second-order valence-electron chi connectivity index (χ2n) is 5.56. The van der Waals surface area contributed by atoms with Gasteiger partial charge in [-0.1, -0.05) is 12.1 Å². The van der Waals surface area contributed by atoms with Crippen molar-refractivity contribution in [1.82, 2.24) is 13.4 Å². The van der Waals surface area contributed by atoms with Gasteiger partial charge in [0, 0.05) is 19.3 Å². The van der Waals surface area contributed by atoms with Gasteiger partial charge in [-0.2, -0.15) is 5.26 Å². The number of aryl methyl sites for hydroxylation is 1. The summed E-state index contributed by atoms with van der Waals surface area (Å²) in [4.78, 5) is 36.8. The van der Waals surface area contributed by atoms with Crippen molar-refractivity contribution >= 4 is 15.9 Å². The molecule has 1 aromatic heterocycles. The Morgan fingerprint density at radius 2 is 1.81 bits per heavy atom. The van der Waals surface area contributed by atoms with Crippen molar-refractivity contribution in [2.75, 3.05) is 6.54 Å². The van der Waals surface area contributed by atoms with Crippen molar-refractivity contribution in [2.45, 2.75) is 24.9 Å². The first-order valence-corrected chi connectivity index (χ1v) is 9.17. The van der Waals surface area contributed by atoms with Gasteiger partial charge in [0.2, 0.25) is 0 Å². The molecule has 0 fully saturated rings. The summed E-state index contributed by atoms with van der Waals surface area (Å²) in [6.07, 6.45) is 1.16. The summed E-state index contributed by atoms with van der Waals surface area (Å²) in [5.74, 6) is -0.707. The standard InChI is InChI=1S/C16H14N4O5S/c1-2-18-10-11(9-17)14(21)19(16(18)23)7-8-20-15(22)12-5-3-4-6-13(12)26(20,24)25/h3-6,10H,2,7-8H2,1H3. The molecule has 9 nitrogen and oxygen atoms in total. The Morgan fingerprint density at radius 3 is 2.42 bits per heavy atom. The lowest BCUT2D eigenvalue weighted by Gasteiger charge is -2.16. The molecule has 0 atom stereocenters. The first-order valence-electron chi connectivity index (χ1n) is 7.73. The Bertz CT molecular complexity index is 1170. The summed E-state index contributed by atoms with van der Waals surface area (Å²) < 4.78 is 27.6. The maximum Gasteiger partial charge on any atom is 0.331 e. The lowest BCUT2D eigenvalue weighted by molar-refractivity contribution is 0.0867. The third-order valence-electron chi connectivity index (χ3n) is 4.14. The number of amides is 1. The summed E-state index contributed by atoms with van der Waals surface area (Å²) in [5, 5.41) is 9.04. The summed E-state index contributed by atoms with van der Waals surface area (Å²) in [7, 11) is -4.03. The number of carbonyl (C=O) groups excluding carboxylic acids is 1. The highest BCUT2D eigenvalue weighted by molar-refractivity contribution is 7.90. The number of benzene rings is 1. The molecule has 0 aliphatic carbocycles. The van der Waals surface area contributed by atoms with Gasteiger partial charge in [-0.25, -0.2) is 17.5 Å². The molecule has 26 heavy (non-hydrogen) atoms. The zero-order valence-electron chi connectivity index (χ0n) is 13.7. The maximum atomic E-state index is 12.5. The Morgan fingerprint density at radius 1 is 1.12 bits per heavy atom. The normalized spacial score (nSPS) is 14.9. The van der Waals surface area contributed by atoms with E-state index in [4.69, 9.17) is 5.26 Å². The average molecular weight is 374 g/mol. The minimum Gasteiger partial charge on any atom is -0.299 e. The van der Waals surface area contributed by atoms with Crippen molar-refractivity contribution in [3.8, 4) is 6.07 Å². The van der Waals surface area contributed by atoms with Crippen LogP contribution in [0.25, 0.3) is 0 Å². The van der Waals surface area contributed by atoms with Gasteiger partial charge in [-0.15, -0.1) is 0 Å². The van der Waals surface area contributed by atoms with Gasteiger partial charge in [0.05, 0.1) is 12.1 Å². The quantitative estimate of drug-likeness (QED) is 0.727. The predicted molar refractivity (Wildman–Crippen MR) is 90.0 cm³/mol. The van der Waals surface area contributed by atoms with Crippen LogP contribution in [0.4, 0.5) is 0 Å². The Balaban J connectivity index is 1.99. The number of hydrogen-bond acceptors (Lipinski definition) is 6. The van der Waals surface area contributed by atoms with Gasteiger partial charge in [0.25, 0.3) is 21.5 Å².